The van der Waals surface area contributed by atoms with Crippen LogP contribution >= 0.6 is 0 Å². The number of nitrogen functional groups attached to an aromatic ring is 1. The van der Waals surface area contributed by atoms with Gasteiger partial charge in [0, 0.05) is 35.3 Å². The number of anilines is 1. The van der Waals surface area contributed by atoms with Crippen molar-refractivity contribution in [2.45, 2.75) is 38.4 Å². The number of aromatic nitrogens is 5. The van der Waals surface area contributed by atoms with Gasteiger partial charge in [0.05, 0.1) is 17.8 Å². The second kappa shape index (κ2) is 9.43. The van der Waals surface area contributed by atoms with Gasteiger partial charge in [0.1, 0.15) is 11.8 Å². The first-order valence-corrected chi connectivity index (χ1v) is 13.2. The van der Waals surface area contributed by atoms with E-state index in [1.54, 1.807) is 0 Å². The maximum Gasteiger partial charge on any atom is 0.152 e. The van der Waals surface area contributed by atoms with Gasteiger partial charge < -0.3 is 11.1 Å². The Morgan fingerprint density at radius 3 is 2.61 bits per heavy atom. The van der Waals surface area contributed by atoms with E-state index in [2.05, 4.69) is 94.4 Å². The second-order valence-corrected chi connectivity index (χ2v) is 10.1. The summed E-state index contributed by atoms with van der Waals surface area (Å²) in [4.78, 5) is 4.31. The fourth-order valence-electron chi connectivity index (χ4n) is 5.30. The van der Waals surface area contributed by atoms with Crippen molar-refractivity contribution >= 4 is 22.2 Å². The number of rotatable bonds is 7. The fourth-order valence-corrected chi connectivity index (χ4v) is 5.30. The van der Waals surface area contributed by atoms with Gasteiger partial charge in [0.25, 0.3) is 0 Å². The maximum atomic E-state index is 6.42. The summed E-state index contributed by atoms with van der Waals surface area (Å²) in [6.07, 6.45) is 7.49. The molecule has 3 N–H and O–H groups in total. The number of benzene rings is 3. The Morgan fingerprint density at radius 2 is 1.76 bits per heavy atom. The third kappa shape index (κ3) is 4.21. The maximum absolute atomic E-state index is 6.42. The predicted molar refractivity (Wildman–Crippen MR) is 152 cm³/mol. The number of nitrogens with zero attached hydrogens (tertiary/aromatic N) is 5. The van der Waals surface area contributed by atoms with Crippen molar-refractivity contribution in [2.24, 2.45) is 0 Å². The van der Waals surface area contributed by atoms with E-state index in [9.17, 15) is 0 Å². The third-order valence-corrected chi connectivity index (χ3v) is 7.56. The highest BCUT2D eigenvalue weighted by Gasteiger charge is 2.19. The van der Waals surface area contributed by atoms with Crippen LogP contribution < -0.4 is 11.1 Å². The lowest BCUT2D eigenvalue weighted by Gasteiger charge is -2.26. The van der Waals surface area contributed by atoms with Gasteiger partial charge >= 0.3 is 0 Å². The normalized spacial score (nSPS) is 13.8. The van der Waals surface area contributed by atoms with Gasteiger partial charge in [0.15, 0.2) is 5.82 Å². The number of hydrogen-bond acceptors (Lipinski definition) is 5. The minimum atomic E-state index is 0.457. The van der Waals surface area contributed by atoms with E-state index in [1.807, 2.05) is 15.3 Å². The Hall–Kier alpha value is -4.49. The summed E-state index contributed by atoms with van der Waals surface area (Å²) in [5, 5.41) is 14.2. The summed E-state index contributed by atoms with van der Waals surface area (Å²) in [6.45, 7) is 1.60. The molecule has 0 amide bonds. The van der Waals surface area contributed by atoms with Gasteiger partial charge in [0.2, 0.25) is 0 Å². The van der Waals surface area contributed by atoms with Crippen LogP contribution in [0.1, 0.15) is 30.4 Å². The molecule has 3 aromatic carbocycles. The topological polar surface area (TPSA) is 86.1 Å². The van der Waals surface area contributed by atoms with E-state index in [1.165, 1.54) is 36.7 Å². The van der Waals surface area contributed by atoms with Crippen LogP contribution in [0.4, 0.5) is 5.82 Å². The molecule has 0 unspecified atom stereocenters. The van der Waals surface area contributed by atoms with E-state index < -0.39 is 0 Å². The van der Waals surface area contributed by atoms with Crippen LogP contribution in [-0.2, 0) is 13.1 Å². The highest BCUT2D eigenvalue weighted by molar-refractivity contribution is 5.95. The molecule has 1 aliphatic carbocycles. The summed E-state index contributed by atoms with van der Waals surface area (Å²) >= 11 is 0. The summed E-state index contributed by atoms with van der Waals surface area (Å²) in [7, 11) is 0. The number of fused-ring (bicyclic) bond motifs is 2. The molecular weight excluding hydrogens is 470 g/mol. The molecule has 0 atom stereocenters. The quantitative estimate of drug-likeness (QED) is 0.295. The van der Waals surface area contributed by atoms with Gasteiger partial charge in [-0.25, -0.2) is 9.50 Å². The first-order valence-electron chi connectivity index (χ1n) is 13.2. The smallest absolute Gasteiger partial charge is 0.152 e. The lowest BCUT2D eigenvalue weighted by Crippen LogP contribution is -2.34. The molecule has 1 fully saturated rings. The van der Waals surface area contributed by atoms with Gasteiger partial charge in [-0.1, -0.05) is 67.1 Å². The highest BCUT2D eigenvalue weighted by Crippen LogP contribution is 2.36. The molecule has 0 aliphatic heterocycles. The monoisotopic (exact) mass is 499 g/mol. The Morgan fingerprint density at radius 1 is 0.895 bits per heavy atom. The predicted octanol–water partition coefficient (Wildman–Crippen LogP) is 5.69. The van der Waals surface area contributed by atoms with Crippen molar-refractivity contribution in [1.82, 2.24) is 29.7 Å². The molecule has 0 radical (unpaired) electrons. The van der Waals surface area contributed by atoms with Crippen molar-refractivity contribution < 1.29 is 0 Å². The van der Waals surface area contributed by atoms with Gasteiger partial charge in [-0.15, -0.1) is 0 Å². The summed E-state index contributed by atoms with van der Waals surface area (Å²) < 4.78 is 3.90. The van der Waals surface area contributed by atoms with Gasteiger partial charge in [-0.3, -0.25) is 4.68 Å². The average Bonchev–Trinajstić information content (AvgIpc) is 3.50. The Balaban J connectivity index is 1.27. The first kappa shape index (κ1) is 22.7. The van der Waals surface area contributed by atoms with E-state index in [0.717, 1.165) is 51.9 Å². The van der Waals surface area contributed by atoms with Crippen LogP contribution in [0.5, 0.6) is 0 Å². The molecule has 1 aliphatic rings. The Kier molecular flexibility index (Phi) is 5.63. The summed E-state index contributed by atoms with van der Waals surface area (Å²) in [5.41, 5.74) is 14.8. The third-order valence-electron chi connectivity index (χ3n) is 7.56. The molecule has 0 spiro atoms. The molecule has 7 nitrogen and oxygen atoms in total. The van der Waals surface area contributed by atoms with Gasteiger partial charge in [-0.2, -0.15) is 10.2 Å². The lowest BCUT2D eigenvalue weighted by molar-refractivity contribution is 0.338. The Bertz CT molecular complexity index is 1750. The van der Waals surface area contributed by atoms with E-state index in [-0.39, 0.29) is 0 Å². The molecule has 1 saturated carbocycles. The molecule has 3 heterocycles. The highest BCUT2D eigenvalue weighted by atomic mass is 15.3. The molecule has 6 aromatic rings. The van der Waals surface area contributed by atoms with E-state index >= 15 is 0 Å². The average molecular weight is 500 g/mol. The van der Waals surface area contributed by atoms with Crippen molar-refractivity contribution in [3.63, 3.8) is 0 Å². The van der Waals surface area contributed by atoms with Gasteiger partial charge in [-0.05, 0) is 47.7 Å². The molecule has 38 heavy (non-hydrogen) atoms. The van der Waals surface area contributed by atoms with E-state index in [4.69, 9.17) is 10.8 Å². The lowest BCUT2D eigenvalue weighted by atomic mass is 9.93. The van der Waals surface area contributed by atoms with Crippen molar-refractivity contribution in [1.29, 1.82) is 0 Å². The number of hydrogen-bond donors (Lipinski definition) is 2. The number of nitrogens with two attached hydrogens (primary N) is 1. The van der Waals surface area contributed by atoms with Crippen molar-refractivity contribution in [3.05, 3.63) is 103 Å². The molecule has 0 saturated heterocycles. The SMILES string of the molecule is Nc1ncnn2c(-c3cccc(CNC4CCC4)c3)cc(-c3ccc4cn(Cc5ccccc5)nc4c3)c12. The minimum Gasteiger partial charge on any atom is -0.382 e. The molecule has 3 aromatic heterocycles. The summed E-state index contributed by atoms with van der Waals surface area (Å²) in [6, 6.07) is 28.2. The van der Waals surface area contributed by atoms with Crippen LogP contribution in [0.2, 0.25) is 0 Å². The zero-order chi connectivity index (χ0) is 25.5. The van der Waals surface area contributed by atoms with E-state index in [0.29, 0.717) is 11.9 Å². The second-order valence-electron chi connectivity index (χ2n) is 10.1. The van der Waals surface area contributed by atoms with Crippen molar-refractivity contribution in [3.8, 4) is 22.4 Å². The van der Waals surface area contributed by atoms with Crippen LogP contribution in [0.15, 0.2) is 91.4 Å². The van der Waals surface area contributed by atoms with Crippen LogP contribution in [0, 0.1) is 0 Å². The molecule has 188 valence electrons. The van der Waals surface area contributed by atoms with Crippen LogP contribution in [0.3, 0.4) is 0 Å². The summed E-state index contributed by atoms with van der Waals surface area (Å²) in [5.74, 6) is 0.457. The molecule has 7 heteroatoms. The molecule has 7 rings (SSSR count). The minimum absolute atomic E-state index is 0.457. The fraction of sp³-hybridized carbons (Fsp3) is 0.194. The largest absolute Gasteiger partial charge is 0.382 e. The molecular formula is C31H29N7. The zero-order valence-electron chi connectivity index (χ0n) is 21.1. The van der Waals surface area contributed by atoms with Crippen LogP contribution in [0.25, 0.3) is 38.8 Å². The first-order chi connectivity index (χ1) is 18.7. The standard InChI is InChI=1S/C31H29N7/c32-31-30-27(23-12-13-25-19-37(36-28(25)15-23)18-21-6-2-1-3-7-21)16-29(38(30)35-20-34-31)24-9-4-8-22(14-24)17-33-26-10-5-11-26/h1-4,6-9,12-16,19-20,26,33H,5,10-11,17-18H2,(H2,32,34,35). The molecule has 0 bridgehead atoms. The van der Waals surface area contributed by atoms with Crippen LogP contribution in [-0.4, -0.2) is 30.4 Å². The zero-order valence-corrected chi connectivity index (χ0v) is 21.1. The number of nitrogens with one attached hydrogen (secondary N) is 1. The Labute approximate surface area is 220 Å². The van der Waals surface area contributed by atoms with Crippen molar-refractivity contribution in [2.75, 3.05) is 5.73 Å².